The summed E-state index contributed by atoms with van der Waals surface area (Å²) in [6, 6.07) is 0.361. The van der Waals surface area contributed by atoms with Crippen LogP contribution in [0.4, 0.5) is 0 Å². The van der Waals surface area contributed by atoms with Gasteiger partial charge in [0.25, 0.3) is 0 Å². The van der Waals surface area contributed by atoms with Gasteiger partial charge in [0, 0.05) is 27.3 Å². The zero-order valence-corrected chi connectivity index (χ0v) is 14.1. The molecule has 0 saturated carbocycles. The third-order valence-electron chi connectivity index (χ3n) is 3.30. The standard InChI is InChI=1S/C16H35NO2/c1-8-9-10-15(16(18-6)19-7)17(11-13(2)3)12-14(4)5/h13-16H,8-12H2,1-7H3. The van der Waals surface area contributed by atoms with E-state index in [2.05, 4.69) is 39.5 Å². The van der Waals surface area contributed by atoms with Crippen molar-refractivity contribution >= 4 is 0 Å². The molecule has 0 rings (SSSR count). The van der Waals surface area contributed by atoms with Gasteiger partial charge >= 0.3 is 0 Å². The summed E-state index contributed by atoms with van der Waals surface area (Å²) in [5.41, 5.74) is 0. The predicted molar refractivity (Wildman–Crippen MR) is 82.4 cm³/mol. The lowest BCUT2D eigenvalue weighted by molar-refractivity contribution is -0.151. The van der Waals surface area contributed by atoms with Gasteiger partial charge in [0.1, 0.15) is 0 Å². The third-order valence-corrected chi connectivity index (χ3v) is 3.30. The van der Waals surface area contributed by atoms with Crippen molar-refractivity contribution in [2.24, 2.45) is 11.8 Å². The molecule has 0 aromatic carbocycles. The number of ether oxygens (including phenoxy) is 2. The molecule has 0 radical (unpaired) electrons. The Balaban J connectivity index is 4.85. The Morgan fingerprint density at radius 1 is 0.895 bits per heavy atom. The van der Waals surface area contributed by atoms with Gasteiger partial charge in [-0.25, -0.2) is 0 Å². The number of unbranched alkanes of at least 4 members (excludes halogenated alkanes) is 1. The number of nitrogens with zero attached hydrogens (tertiary/aromatic N) is 1. The van der Waals surface area contributed by atoms with Crippen LogP contribution >= 0.6 is 0 Å². The molecular formula is C16H35NO2. The highest BCUT2D eigenvalue weighted by Gasteiger charge is 2.28. The molecule has 0 amide bonds. The minimum atomic E-state index is -0.121. The smallest absolute Gasteiger partial charge is 0.172 e. The molecule has 3 heteroatoms. The maximum Gasteiger partial charge on any atom is 0.172 e. The zero-order valence-electron chi connectivity index (χ0n) is 14.1. The number of hydrogen-bond acceptors (Lipinski definition) is 3. The Bertz CT molecular complexity index is 193. The van der Waals surface area contributed by atoms with E-state index in [-0.39, 0.29) is 6.29 Å². The van der Waals surface area contributed by atoms with E-state index in [9.17, 15) is 0 Å². The van der Waals surface area contributed by atoms with Gasteiger partial charge in [-0.2, -0.15) is 0 Å². The molecule has 0 aliphatic carbocycles. The molecule has 1 atom stereocenters. The van der Waals surface area contributed by atoms with Crippen molar-refractivity contribution in [2.45, 2.75) is 66.2 Å². The molecule has 0 N–H and O–H groups in total. The van der Waals surface area contributed by atoms with Gasteiger partial charge < -0.3 is 9.47 Å². The Kier molecular flexibility index (Phi) is 10.6. The second kappa shape index (κ2) is 10.6. The first kappa shape index (κ1) is 18.9. The molecule has 0 heterocycles. The van der Waals surface area contributed by atoms with Gasteiger partial charge in [0.15, 0.2) is 6.29 Å². The van der Waals surface area contributed by atoms with Crippen molar-refractivity contribution in [1.29, 1.82) is 0 Å². The second-order valence-electron chi connectivity index (χ2n) is 6.29. The van der Waals surface area contributed by atoms with Gasteiger partial charge in [0.2, 0.25) is 0 Å². The minimum Gasteiger partial charge on any atom is -0.354 e. The molecule has 19 heavy (non-hydrogen) atoms. The summed E-state index contributed by atoms with van der Waals surface area (Å²) in [4.78, 5) is 2.56. The van der Waals surface area contributed by atoms with Gasteiger partial charge in [-0.05, 0) is 18.3 Å². The first-order chi connectivity index (χ1) is 8.96. The molecule has 0 spiro atoms. The van der Waals surface area contributed by atoms with Crippen LogP contribution in [-0.2, 0) is 9.47 Å². The Labute approximate surface area is 120 Å². The highest BCUT2D eigenvalue weighted by molar-refractivity contribution is 4.77. The summed E-state index contributed by atoms with van der Waals surface area (Å²) < 4.78 is 11.1. The van der Waals surface area contributed by atoms with E-state index in [4.69, 9.17) is 9.47 Å². The summed E-state index contributed by atoms with van der Waals surface area (Å²) in [5, 5.41) is 0. The quantitative estimate of drug-likeness (QED) is 0.535. The van der Waals surface area contributed by atoms with Gasteiger partial charge in [-0.3, -0.25) is 4.90 Å². The topological polar surface area (TPSA) is 21.7 Å². The molecule has 0 aliphatic rings. The number of rotatable bonds is 11. The van der Waals surface area contributed by atoms with E-state index in [0.717, 1.165) is 19.5 Å². The molecule has 3 nitrogen and oxygen atoms in total. The second-order valence-corrected chi connectivity index (χ2v) is 6.29. The Morgan fingerprint density at radius 3 is 1.68 bits per heavy atom. The van der Waals surface area contributed by atoms with Crippen molar-refractivity contribution in [3.05, 3.63) is 0 Å². The van der Waals surface area contributed by atoms with Crippen LogP contribution in [0.25, 0.3) is 0 Å². The average molecular weight is 273 g/mol. The minimum absolute atomic E-state index is 0.121. The SMILES string of the molecule is CCCCC(C(OC)OC)N(CC(C)C)CC(C)C. The van der Waals surface area contributed by atoms with Crippen LogP contribution in [0.1, 0.15) is 53.9 Å². The van der Waals surface area contributed by atoms with Crippen molar-refractivity contribution in [3.8, 4) is 0 Å². The average Bonchev–Trinajstić information content (AvgIpc) is 2.32. The molecule has 0 fully saturated rings. The summed E-state index contributed by atoms with van der Waals surface area (Å²) in [5.74, 6) is 1.33. The van der Waals surface area contributed by atoms with Crippen LogP contribution in [0.2, 0.25) is 0 Å². The summed E-state index contributed by atoms with van der Waals surface area (Å²) in [7, 11) is 3.49. The van der Waals surface area contributed by atoms with Gasteiger partial charge in [-0.15, -0.1) is 0 Å². The van der Waals surface area contributed by atoms with E-state index in [1.54, 1.807) is 14.2 Å². The van der Waals surface area contributed by atoms with Crippen LogP contribution in [0.15, 0.2) is 0 Å². The third kappa shape index (κ3) is 7.91. The zero-order chi connectivity index (χ0) is 14.8. The maximum absolute atomic E-state index is 5.54. The van der Waals surface area contributed by atoms with Crippen molar-refractivity contribution in [1.82, 2.24) is 4.90 Å². The van der Waals surface area contributed by atoms with Crippen LogP contribution in [-0.4, -0.2) is 44.5 Å². The fourth-order valence-electron chi connectivity index (χ4n) is 2.60. The largest absolute Gasteiger partial charge is 0.354 e. The van der Waals surface area contributed by atoms with Gasteiger partial charge in [-0.1, -0.05) is 47.5 Å². The number of hydrogen-bond donors (Lipinski definition) is 0. The predicted octanol–water partition coefficient (Wildman–Crippen LogP) is 3.78. The fraction of sp³-hybridized carbons (Fsp3) is 1.00. The normalized spacial score (nSPS) is 14.1. The first-order valence-electron chi connectivity index (χ1n) is 7.75. The van der Waals surface area contributed by atoms with E-state index in [1.165, 1.54) is 12.8 Å². The van der Waals surface area contributed by atoms with Crippen LogP contribution in [0.3, 0.4) is 0 Å². The highest BCUT2D eigenvalue weighted by Crippen LogP contribution is 2.19. The molecule has 0 aromatic rings. The van der Waals surface area contributed by atoms with Crippen molar-refractivity contribution < 1.29 is 9.47 Å². The maximum atomic E-state index is 5.54. The van der Waals surface area contributed by atoms with E-state index < -0.39 is 0 Å². The van der Waals surface area contributed by atoms with Crippen LogP contribution in [0.5, 0.6) is 0 Å². The highest BCUT2D eigenvalue weighted by atomic mass is 16.7. The van der Waals surface area contributed by atoms with Crippen LogP contribution in [0, 0.1) is 11.8 Å². The van der Waals surface area contributed by atoms with E-state index in [0.29, 0.717) is 17.9 Å². The summed E-state index contributed by atoms with van der Waals surface area (Å²) in [6.07, 6.45) is 3.46. The fourth-order valence-corrected chi connectivity index (χ4v) is 2.60. The lowest BCUT2D eigenvalue weighted by Gasteiger charge is -2.37. The van der Waals surface area contributed by atoms with Crippen molar-refractivity contribution in [2.75, 3.05) is 27.3 Å². The Morgan fingerprint density at radius 2 is 1.37 bits per heavy atom. The van der Waals surface area contributed by atoms with E-state index in [1.807, 2.05) is 0 Å². The molecule has 0 aromatic heterocycles. The lowest BCUT2D eigenvalue weighted by Crippen LogP contribution is -2.48. The van der Waals surface area contributed by atoms with Crippen LogP contribution < -0.4 is 0 Å². The molecule has 0 bridgehead atoms. The van der Waals surface area contributed by atoms with Gasteiger partial charge in [0.05, 0.1) is 6.04 Å². The summed E-state index contributed by atoms with van der Waals surface area (Å²) in [6.45, 7) is 13.6. The molecule has 1 unspecified atom stereocenters. The monoisotopic (exact) mass is 273 g/mol. The van der Waals surface area contributed by atoms with Crippen molar-refractivity contribution in [3.63, 3.8) is 0 Å². The molecule has 0 saturated heterocycles. The number of methoxy groups -OCH3 is 2. The Hall–Kier alpha value is -0.120. The molecule has 116 valence electrons. The van der Waals surface area contributed by atoms with E-state index >= 15 is 0 Å². The summed E-state index contributed by atoms with van der Waals surface area (Å²) >= 11 is 0. The molecular weight excluding hydrogens is 238 g/mol. The first-order valence-corrected chi connectivity index (χ1v) is 7.75. The lowest BCUT2D eigenvalue weighted by atomic mass is 10.0. The molecule has 0 aliphatic heterocycles.